The van der Waals surface area contributed by atoms with Crippen LogP contribution in [0.25, 0.3) is 22.4 Å². The van der Waals surface area contributed by atoms with Crippen molar-refractivity contribution in [1.82, 2.24) is 14.8 Å². The van der Waals surface area contributed by atoms with Crippen LogP contribution in [0.4, 0.5) is 0 Å². The second-order valence-corrected chi connectivity index (χ2v) is 11.7. The molecule has 0 amide bonds. The molecule has 0 unspecified atom stereocenters. The van der Waals surface area contributed by atoms with Gasteiger partial charge in [0.05, 0.1) is 6.61 Å². The Balaban J connectivity index is 1.63. The van der Waals surface area contributed by atoms with Crippen LogP contribution >= 0.6 is 0 Å². The zero-order chi connectivity index (χ0) is 31.0. The third-order valence-electron chi connectivity index (χ3n) is 6.74. The first-order valence-electron chi connectivity index (χ1n) is 14.8. The summed E-state index contributed by atoms with van der Waals surface area (Å²) in [5.41, 5.74) is 5.03. The molecule has 2 heterocycles. The fourth-order valence-electron chi connectivity index (χ4n) is 4.66. The van der Waals surface area contributed by atoms with Gasteiger partial charge in [0.15, 0.2) is 5.69 Å². The Bertz CT molecular complexity index is 1500. The van der Waals surface area contributed by atoms with E-state index in [2.05, 4.69) is 43.1 Å². The van der Waals surface area contributed by atoms with Crippen LogP contribution in [0.3, 0.4) is 0 Å². The third kappa shape index (κ3) is 8.53. The van der Waals surface area contributed by atoms with Crippen molar-refractivity contribution in [1.29, 1.82) is 0 Å². The Labute approximate surface area is 254 Å². The van der Waals surface area contributed by atoms with E-state index in [0.717, 1.165) is 16.7 Å². The van der Waals surface area contributed by atoms with E-state index < -0.39 is 11.6 Å². The van der Waals surface area contributed by atoms with Crippen molar-refractivity contribution < 1.29 is 23.8 Å². The molecule has 2 aromatic heterocycles. The number of carbonyl (C=O) groups excluding carboxylic acids is 2. The van der Waals surface area contributed by atoms with Crippen LogP contribution in [-0.2, 0) is 27.4 Å². The van der Waals surface area contributed by atoms with Crippen LogP contribution < -0.4 is 4.74 Å². The van der Waals surface area contributed by atoms with Gasteiger partial charge in [-0.2, -0.15) is 5.10 Å². The maximum absolute atomic E-state index is 13.4. The standard InChI is InChI=1S/C35H41N3O5/c1-7-41-34(40)33-31(27-14-16-29(17-15-27)42-23-25-10-12-26(13-11-25)24(2)3)32(28-18-20-36-21-19-28)37-38(33)22-8-9-30(39)43-35(4,5)6/h10-21,24H,7-9,22-23H2,1-6H3. The van der Waals surface area contributed by atoms with Crippen molar-refractivity contribution in [2.45, 2.75) is 79.1 Å². The summed E-state index contributed by atoms with van der Waals surface area (Å²) >= 11 is 0. The molecule has 0 saturated heterocycles. The van der Waals surface area contributed by atoms with E-state index in [1.54, 1.807) is 24.0 Å². The quantitative estimate of drug-likeness (QED) is 0.158. The summed E-state index contributed by atoms with van der Waals surface area (Å²) in [6.45, 7) is 12.6. The van der Waals surface area contributed by atoms with Crippen molar-refractivity contribution in [3.05, 3.63) is 89.9 Å². The van der Waals surface area contributed by atoms with Crippen molar-refractivity contribution in [3.63, 3.8) is 0 Å². The molecule has 0 N–H and O–H groups in total. The number of benzene rings is 2. The Kier molecular flexibility index (Phi) is 10.3. The topological polar surface area (TPSA) is 92.5 Å². The second kappa shape index (κ2) is 14.1. The van der Waals surface area contributed by atoms with Gasteiger partial charge in [-0.15, -0.1) is 0 Å². The number of rotatable bonds is 12. The molecule has 43 heavy (non-hydrogen) atoms. The second-order valence-electron chi connectivity index (χ2n) is 11.7. The number of ether oxygens (including phenoxy) is 3. The fourth-order valence-corrected chi connectivity index (χ4v) is 4.66. The highest BCUT2D eigenvalue weighted by Gasteiger charge is 2.27. The SMILES string of the molecule is CCOC(=O)c1c(-c2ccc(OCc3ccc(C(C)C)cc3)cc2)c(-c2ccncc2)nn1CCCC(=O)OC(C)(C)C. The highest BCUT2D eigenvalue weighted by Crippen LogP contribution is 2.36. The highest BCUT2D eigenvalue weighted by atomic mass is 16.6. The van der Waals surface area contributed by atoms with E-state index in [4.69, 9.17) is 19.3 Å². The first kappa shape index (κ1) is 31.5. The number of aryl methyl sites for hydroxylation is 1. The van der Waals surface area contributed by atoms with Gasteiger partial charge in [0, 0.05) is 36.5 Å². The molecule has 2 aromatic carbocycles. The number of hydrogen-bond acceptors (Lipinski definition) is 7. The van der Waals surface area contributed by atoms with E-state index in [1.165, 1.54) is 5.56 Å². The van der Waals surface area contributed by atoms with E-state index >= 15 is 0 Å². The summed E-state index contributed by atoms with van der Waals surface area (Å²) in [6.07, 6.45) is 4.03. The summed E-state index contributed by atoms with van der Waals surface area (Å²) in [5.74, 6) is 0.420. The van der Waals surface area contributed by atoms with Gasteiger partial charge >= 0.3 is 11.9 Å². The maximum atomic E-state index is 13.4. The lowest BCUT2D eigenvalue weighted by atomic mass is 9.99. The van der Waals surface area contributed by atoms with Crippen LogP contribution in [0.2, 0.25) is 0 Å². The van der Waals surface area contributed by atoms with Crippen LogP contribution in [0.1, 0.15) is 81.9 Å². The average Bonchev–Trinajstić information content (AvgIpc) is 3.36. The normalized spacial score (nSPS) is 11.4. The van der Waals surface area contributed by atoms with Crippen molar-refractivity contribution in [2.75, 3.05) is 6.61 Å². The lowest BCUT2D eigenvalue weighted by Gasteiger charge is -2.19. The molecule has 0 spiro atoms. The van der Waals surface area contributed by atoms with Crippen molar-refractivity contribution in [2.24, 2.45) is 0 Å². The molecular weight excluding hydrogens is 542 g/mol. The monoisotopic (exact) mass is 583 g/mol. The first-order chi connectivity index (χ1) is 20.6. The minimum Gasteiger partial charge on any atom is -0.489 e. The molecule has 0 radical (unpaired) electrons. The van der Waals surface area contributed by atoms with Gasteiger partial charge in [0.2, 0.25) is 0 Å². The zero-order valence-electron chi connectivity index (χ0n) is 25.9. The van der Waals surface area contributed by atoms with E-state index in [0.29, 0.717) is 48.2 Å². The summed E-state index contributed by atoms with van der Waals surface area (Å²) in [7, 11) is 0. The third-order valence-corrected chi connectivity index (χ3v) is 6.74. The molecule has 0 aliphatic heterocycles. The van der Waals surface area contributed by atoms with Crippen molar-refractivity contribution in [3.8, 4) is 28.1 Å². The lowest BCUT2D eigenvalue weighted by Crippen LogP contribution is -2.24. The number of nitrogens with zero attached hydrogens (tertiary/aromatic N) is 3. The molecule has 226 valence electrons. The van der Waals surface area contributed by atoms with Crippen LogP contribution in [-0.4, -0.2) is 38.9 Å². The van der Waals surface area contributed by atoms with Gasteiger partial charge in [0.25, 0.3) is 0 Å². The fraction of sp³-hybridized carbons (Fsp3) is 0.371. The van der Waals surface area contributed by atoms with Crippen LogP contribution in [0.5, 0.6) is 5.75 Å². The van der Waals surface area contributed by atoms with Crippen molar-refractivity contribution >= 4 is 11.9 Å². The molecule has 8 nitrogen and oxygen atoms in total. The van der Waals surface area contributed by atoms with Crippen LogP contribution in [0, 0.1) is 0 Å². The molecule has 4 rings (SSSR count). The maximum Gasteiger partial charge on any atom is 0.357 e. The number of aromatic nitrogens is 3. The molecule has 0 saturated carbocycles. The van der Waals surface area contributed by atoms with Gasteiger partial charge in [-0.25, -0.2) is 4.79 Å². The Hall–Kier alpha value is -4.46. The molecule has 0 atom stereocenters. The number of carbonyl (C=O) groups is 2. The van der Waals surface area contributed by atoms with Gasteiger partial charge < -0.3 is 14.2 Å². The molecule has 0 aliphatic rings. The van der Waals surface area contributed by atoms with Gasteiger partial charge in [-0.1, -0.05) is 50.2 Å². The number of hydrogen-bond donors (Lipinski definition) is 0. The van der Waals surface area contributed by atoms with Crippen LogP contribution in [0.15, 0.2) is 73.1 Å². The summed E-state index contributed by atoms with van der Waals surface area (Å²) in [6, 6.07) is 19.8. The van der Waals surface area contributed by atoms with E-state index in [-0.39, 0.29) is 19.0 Å². The smallest absolute Gasteiger partial charge is 0.357 e. The van der Waals surface area contributed by atoms with Gasteiger partial charge in [-0.3, -0.25) is 14.5 Å². The average molecular weight is 584 g/mol. The summed E-state index contributed by atoms with van der Waals surface area (Å²) in [4.78, 5) is 29.9. The van der Waals surface area contributed by atoms with Gasteiger partial charge in [0.1, 0.15) is 23.7 Å². The molecular formula is C35H41N3O5. The Morgan fingerprint density at radius 3 is 2.19 bits per heavy atom. The molecule has 4 aromatic rings. The van der Waals surface area contributed by atoms with Gasteiger partial charge in [-0.05, 0) is 81.0 Å². The van der Waals surface area contributed by atoms with E-state index in [1.807, 2.05) is 57.2 Å². The Morgan fingerprint density at radius 2 is 1.58 bits per heavy atom. The lowest BCUT2D eigenvalue weighted by molar-refractivity contribution is -0.154. The molecule has 0 fully saturated rings. The largest absolute Gasteiger partial charge is 0.489 e. The molecule has 0 aliphatic carbocycles. The predicted molar refractivity (Wildman–Crippen MR) is 167 cm³/mol. The zero-order valence-corrected chi connectivity index (χ0v) is 25.9. The minimum atomic E-state index is -0.561. The summed E-state index contributed by atoms with van der Waals surface area (Å²) in [5, 5.41) is 4.85. The molecule has 0 bridgehead atoms. The number of pyridine rings is 1. The minimum absolute atomic E-state index is 0.200. The first-order valence-corrected chi connectivity index (χ1v) is 14.8. The van der Waals surface area contributed by atoms with E-state index in [9.17, 15) is 9.59 Å². The number of esters is 2. The summed E-state index contributed by atoms with van der Waals surface area (Å²) < 4.78 is 18.6. The Morgan fingerprint density at radius 1 is 0.907 bits per heavy atom. The predicted octanol–water partition coefficient (Wildman–Crippen LogP) is 7.61. The highest BCUT2D eigenvalue weighted by molar-refractivity contribution is 6.00. The molecule has 8 heteroatoms.